The van der Waals surface area contributed by atoms with Crippen molar-refractivity contribution in [3.63, 3.8) is 0 Å². The average molecular weight is 702 g/mol. The Hall–Kier alpha value is -4.76. The summed E-state index contributed by atoms with van der Waals surface area (Å²) >= 11 is 0. The van der Waals surface area contributed by atoms with Crippen molar-refractivity contribution in [3.8, 4) is 11.5 Å². The van der Waals surface area contributed by atoms with Gasteiger partial charge < -0.3 is 25.4 Å². The number of carbonyl (C=O) groups excluding carboxylic acids is 3. The maximum absolute atomic E-state index is 14.5. The summed E-state index contributed by atoms with van der Waals surface area (Å²) in [5.41, 5.74) is 5.74. The minimum Gasteiger partial charge on any atom is -0.468 e. The Morgan fingerprint density at radius 2 is 1.59 bits per heavy atom. The molecule has 0 aromatic heterocycles. The number of nitrogens with one attached hydrogen (secondary N) is 1. The number of carbonyl (C=O) groups is 3. The van der Waals surface area contributed by atoms with Crippen LogP contribution in [0.3, 0.4) is 0 Å². The summed E-state index contributed by atoms with van der Waals surface area (Å²) < 4.78 is 64.3. The van der Waals surface area contributed by atoms with Gasteiger partial charge >= 0.3 is 12.0 Å². The number of nitrogens with zero attached hydrogens (tertiary/aromatic N) is 3. The Balaban J connectivity index is 1.32. The second-order valence-electron chi connectivity index (χ2n) is 11.7. The number of hydrogen-bond acceptors (Lipinski definition) is 8. The second-order valence-corrected chi connectivity index (χ2v) is 13.7. The first-order chi connectivity index (χ1) is 23.3. The highest BCUT2D eigenvalue weighted by molar-refractivity contribution is 7.92. The highest BCUT2D eigenvalue weighted by Gasteiger charge is 2.29. The number of methoxy groups -OCH3 is 1. The molecule has 0 atom stereocenters. The number of anilines is 2. The average Bonchev–Trinajstić information content (AvgIpc) is 3.06. The summed E-state index contributed by atoms with van der Waals surface area (Å²) in [5.74, 6) is -2.76. The zero-order chi connectivity index (χ0) is 35.7. The van der Waals surface area contributed by atoms with Crippen LogP contribution < -0.4 is 20.1 Å². The van der Waals surface area contributed by atoms with Crippen LogP contribution >= 0.6 is 0 Å². The predicted octanol–water partition coefficient (Wildman–Crippen LogP) is 5.09. The van der Waals surface area contributed by atoms with Crippen LogP contribution in [0.4, 0.5) is 25.0 Å². The quantitative estimate of drug-likeness (QED) is 0.221. The van der Waals surface area contributed by atoms with Crippen molar-refractivity contribution >= 4 is 39.3 Å². The molecule has 0 unspecified atom stereocenters. The molecule has 1 aliphatic rings. The molecule has 3 amide bonds. The van der Waals surface area contributed by atoms with Crippen molar-refractivity contribution < 1.29 is 41.1 Å². The summed E-state index contributed by atoms with van der Waals surface area (Å²) in [4.78, 5) is 40.5. The third kappa shape index (κ3) is 10.1. The van der Waals surface area contributed by atoms with E-state index in [4.69, 9.17) is 10.5 Å². The minimum absolute atomic E-state index is 0.0888. The lowest BCUT2D eigenvalue weighted by atomic mass is 10.0. The molecule has 1 aliphatic heterocycles. The molecule has 15 heteroatoms. The first kappa shape index (κ1) is 37.1. The number of sulfonamides is 1. The fraction of sp³-hybridized carbons (Fsp3) is 0.382. The molecule has 0 bridgehead atoms. The molecule has 3 aromatic rings. The van der Waals surface area contributed by atoms with Gasteiger partial charge in [-0.3, -0.25) is 18.8 Å². The van der Waals surface area contributed by atoms with E-state index in [0.29, 0.717) is 49.2 Å². The SMILES string of the molecule is CCCCN(C(=O)Nc1cc(C(N)=O)c(F)cc1F)C1CCN(Cc2ccc(Oc3ccc(N(CC(=O)OC)S(C)(=O)=O)cc3)cc2)CC1. The van der Waals surface area contributed by atoms with Crippen molar-refractivity contribution in [1.29, 1.82) is 0 Å². The van der Waals surface area contributed by atoms with Gasteiger partial charge in [-0.1, -0.05) is 25.5 Å². The maximum Gasteiger partial charge on any atom is 0.326 e. The van der Waals surface area contributed by atoms with Crippen molar-refractivity contribution in [3.05, 3.63) is 83.4 Å². The third-order valence-corrected chi connectivity index (χ3v) is 9.31. The summed E-state index contributed by atoms with van der Waals surface area (Å²) in [5, 5.41) is 2.50. The lowest BCUT2D eigenvalue weighted by molar-refractivity contribution is -0.138. The number of unbranched alkanes of at least 4 members (excludes halogenated alkanes) is 1. The van der Waals surface area contributed by atoms with Gasteiger partial charge in [0.25, 0.3) is 5.91 Å². The molecule has 12 nitrogen and oxygen atoms in total. The zero-order valence-corrected chi connectivity index (χ0v) is 28.5. The first-order valence-corrected chi connectivity index (χ1v) is 17.6. The third-order valence-electron chi connectivity index (χ3n) is 8.17. The van der Waals surface area contributed by atoms with Gasteiger partial charge in [0.05, 0.1) is 30.3 Å². The van der Waals surface area contributed by atoms with Crippen molar-refractivity contribution in [2.75, 3.05) is 49.2 Å². The van der Waals surface area contributed by atoms with Crippen molar-refractivity contribution in [1.82, 2.24) is 9.80 Å². The standard InChI is InChI=1S/C34H41F2N5O7S/c1-4-5-16-40(34(44)38-31-19-28(33(37)43)29(35)20-30(31)36)24-14-17-39(18-15-24)21-23-6-10-26(11-7-23)48-27-12-8-25(9-13-27)41(49(3,45)46)22-32(42)47-2/h6-13,19-20,24H,4-5,14-18,21-22H2,1-3H3,(H2,37,43)(H,38,44). The highest BCUT2D eigenvalue weighted by Crippen LogP contribution is 2.27. The molecule has 264 valence electrons. The number of piperidine rings is 1. The van der Waals surface area contributed by atoms with Crippen molar-refractivity contribution in [2.24, 2.45) is 5.73 Å². The van der Waals surface area contributed by atoms with Gasteiger partial charge in [0.15, 0.2) is 0 Å². The van der Waals surface area contributed by atoms with Crippen LogP contribution in [0.25, 0.3) is 0 Å². The molecule has 4 rings (SSSR count). The number of hydrogen-bond donors (Lipinski definition) is 2. The molecular weight excluding hydrogens is 660 g/mol. The zero-order valence-electron chi connectivity index (χ0n) is 27.7. The van der Waals surface area contributed by atoms with Crippen LogP contribution in [0.2, 0.25) is 0 Å². The first-order valence-electron chi connectivity index (χ1n) is 15.8. The van der Waals surface area contributed by atoms with Gasteiger partial charge in [0.1, 0.15) is 29.7 Å². The van der Waals surface area contributed by atoms with Crippen LogP contribution in [0.15, 0.2) is 60.7 Å². The summed E-state index contributed by atoms with van der Waals surface area (Å²) in [6, 6.07) is 14.7. The van der Waals surface area contributed by atoms with E-state index in [0.717, 1.165) is 48.1 Å². The van der Waals surface area contributed by atoms with Gasteiger partial charge in [0.2, 0.25) is 10.0 Å². The van der Waals surface area contributed by atoms with E-state index in [1.165, 1.54) is 7.11 Å². The van der Waals surface area contributed by atoms with Crippen LogP contribution in [0.1, 0.15) is 48.5 Å². The summed E-state index contributed by atoms with van der Waals surface area (Å²) in [7, 11) is -2.53. The Bertz CT molecular complexity index is 1730. The number of nitrogens with two attached hydrogens (primary N) is 1. The van der Waals surface area contributed by atoms with Gasteiger partial charge in [-0.2, -0.15) is 0 Å². The number of ether oxygens (including phenoxy) is 2. The van der Waals surface area contributed by atoms with Gasteiger partial charge in [-0.05, 0) is 67.3 Å². The van der Waals surface area contributed by atoms with Crippen LogP contribution in [-0.4, -0.2) is 81.7 Å². The Morgan fingerprint density at radius 1 is 0.980 bits per heavy atom. The van der Waals surface area contributed by atoms with E-state index < -0.39 is 51.7 Å². The van der Waals surface area contributed by atoms with Crippen LogP contribution in [0, 0.1) is 11.6 Å². The normalized spacial score (nSPS) is 13.8. The number of amides is 3. The van der Waals surface area contributed by atoms with E-state index in [1.54, 1.807) is 29.2 Å². The monoisotopic (exact) mass is 701 g/mol. The smallest absolute Gasteiger partial charge is 0.326 e. The lowest BCUT2D eigenvalue weighted by Crippen LogP contribution is -2.49. The Morgan fingerprint density at radius 3 is 2.14 bits per heavy atom. The highest BCUT2D eigenvalue weighted by atomic mass is 32.2. The van der Waals surface area contributed by atoms with E-state index >= 15 is 0 Å². The molecule has 0 aliphatic carbocycles. The van der Waals surface area contributed by atoms with E-state index in [9.17, 15) is 31.6 Å². The topological polar surface area (TPSA) is 152 Å². The van der Waals surface area contributed by atoms with Crippen LogP contribution in [0.5, 0.6) is 11.5 Å². The largest absolute Gasteiger partial charge is 0.468 e. The molecule has 49 heavy (non-hydrogen) atoms. The number of benzene rings is 3. The number of halogens is 2. The Labute approximate surface area is 284 Å². The fourth-order valence-electron chi connectivity index (χ4n) is 5.51. The number of rotatable bonds is 14. The molecule has 1 heterocycles. The molecule has 1 fully saturated rings. The maximum atomic E-state index is 14.5. The van der Waals surface area contributed by atoms with Crippen molar-refractivity contribution in [2.45, 2.75) is 45.2 Å². The van der Waals surface area contributed by atoms with E-state index in [1.807, 2.05) is 31.2 Å². The molecule has 0 saturated carbocycles. The van der Waals surface area contributed by atoms with Gasteiger partial charge in [-0.25, -0.2) is 22.0 Å². The summed E-state index contributed by atoms with van der Waals surface area (Å²) in [6.45, 7) is 4.16. The lowest BCUT2D eigenvalue weighted by Gasteiger charge is -2.38. The Kier molecular flexibility index (Phi) is 12.5. The number of esters is 1. The summed E-state index contributed by atoms with van der Waals surface area (Å²) in [6.07, 6.45) is 4.00. The molecular formula is C34H41F2N5O7S. The molecule has 3 N–H and O–H groups in total. The predicted molar refractivity (Wildman–Crippen MR) is 181 cm³/mol. The van der Waals surface area contributed by atoms with Gasteiger partial charge in [0, 0.05) is 38.3 Å². The number of likely N-dealkylation sites (tertiary alicyclic amines) is 1. The van der Waals surface area contributed by atoms with Crippen LogP contribution in [-0.2, 0) is 26.1 Å². The number of urea groups is 1. The molecule has 0 radical (unpaired) electrons. The van der Waals surface area contributed by atoms with Gasteiger partial charge in [-0.15, -0.1) is 0 Å². The molecule has 1 saturated heterocycles. The second kappa shape index (κ2) is 16.6. The van der Waals surface area contributed by atoms with E-state index in [-0.39, 0.29) is 11.7 Å². The minimum atomic E-state index is -3.71. The molecule has 0 spiro atoms. The van der Waals surface area contributed by atoms with E-state index in [2.05, 4.69) is 15.0 Å². The fourth-order valence-corrected chi connectivity index (χ4v) is 6.35. The number of primary amides is 1. The molecule has 3 aromatic carbocycles.